The first-order valence-electron chi connectivity index (χ1n) is 9.73. The van der Waals surface area contributed by atoms with E-state index in [1.807, 2.05) is 0 Å². The van der Waals surface area contributed by atoms with E-state index >= 15 is 0 Å². The molecule has 9 nitrogen and oxygen atoms in total. The van der Waals surface area contributed by atoms with Crippen LogP contribution in [0.2, 0.25) is 0 Å². The maximum absolute atomic E-state index is 13.0. The highest BCUT2D eigenvalue weighted by Crippen LogP contribution is 2.34. The lowest BCUT2D eigenvalue weighted by Gasteiger charge is -2.33. The standard InChI is InChI=1S/C19H19F3N2O7S2/c20-19(21,22)31-16-3-1-2-4-18(16)33(27,28)24-9-7-23(8-10-24)32(25,26)14-5-6-15-17(13-14)30-12-11-29-15/h1-6,13H,7-12H2. The lowest BCUT2D eigenvalue weighted by atomic mass is 10.3. The van der Waals surface area contributed by atoms with Crippen LogP contribution in [-0.4, -0.2) is 71.2 Å². The summed E-state index contributed by atoms with van der Waals surface area (Å²) in [5.74, 6) is -0.128. The molecule has 0 amide bonds. The Hall–Kier alpha value is -2.55. The van der Waals surface area contributed by atoms with Crippen LogP contribution in [0, 0.1) is 0 Å². The van der Waals surface area contributed by atoms with Crippen LogP contribution in [0.1, 0.15) is 0 Å². The topological polar surface area (TPSA) is 102 Å². The Morgan fingerprint density at radius 3 is 2.00 bits per heavy atom. The van der Waals surface area contributed by atoms with Crippen LogP contribution in [0.3, 0.4) is 0 Å². The molecule has 0 spiro atoms. The van der Waals surface area contributed by atoms with Gasteiger partial charge in [0.2, 0.25) is 20.0 Å². The zero-order valence-corrected chi connectivity index (χ0v) is 18.6. The highest BCUT2D eigenvalue weighted by molar-refractivity contribution is 7.89. The molecule has 33 heavy (non-hydrogen) atoms. The Morgan fingerprint density at radius 1 is 0.788 bits per heavy atom. The van der Waals surface area contributed by atoms with Crippen LogP contribution < -0.4 is 14.2 Å². The van der Waals surface area contributed by atoms with Crippen molar-refractivity contribution in [2.24, 2.45) is 0 Å². The fourth-order valence-corrected chi connectivity index (χ4v) is 6.47. The van der Waals surface area contributed by atoms with Gasteiger partial charge >= 0.3 is 6.36 Å². The molecule has 4 rings (SSSR count). The van der Waals surface area contributed by atoms with E-state index in [1.54, 1.807) is 0 Å². The van der Waals surface area contributed by atoms with Gasteiger partial charge in [0.25, 0.3) is 0 Å². The molecule has 0 atom stereocenters. The highest BCUT2D eigenvalue weighted by Gasteiger charge is 2.38. The summed E-state index contributed by atoms with van der Waals surface area (Å²) in [6, 6.07) is 8.61. The van der Waals surface area contributed by atoms with E-state index in [4.69, 9.17) is 9.47 Å². The Balaban J connectivity index is 1.51. The normalized spacial score (nSPS) is 18.2. The summed E-state index contributed by atoms with van der Waals surface area (Å²) in [6.45, 7) is -0.214. The van der Waals surface area contributed by atoms with Crippen molar-refractivity contribution >= 4 is 20.0 Å². The summed E-state index contributed by atoms with van der Waals surface area (Å²) in [5, 5.41) is 0. The predicted octanol–water partition coefficient (Wildman–Crippen LogP) is 2.05. The summed E-state index contributed by atoms with van der Waals surface area (Å²) in [4.78, 5) is -0.683. The van der Waals surface area contributed by atoms with Gasteiger partial charge in [-0.1, -0.05) is 12.1 Å². The molecule has 0 radical (unpaired) electrons. The second kappa shape index (κ2) is 8.66. The minimum atomic E-state index is -5.07. The molecule has 0 saturated carbocycles. The Bertz CT molecular complexity index is 1240. The van der Waals surface area contributed by atoms with E-state index in [0.29, 0.717) is 18.1 Å². The van der Waals surface area contributed by atoms with Crippen LogP contribution >= 0.6 is 0 Å². The number of halogens is 3. The molecule has 180 valence electrons. The average Bonchev–Trinajstić information content (AvgIpc) is 2.78. The van der Waals surface area contributed by atoms with E-state index in [-0.39, 0.29) is 37.7 Å². The van der Waals surface area contributed by atoms with E-state index < -0.39 is 37.1 Å². The number of fused-ring (bicyclic) bond motifs is 1. The van der Waals surface area contributed by atoms with Crippen molar-refractivity contribution in [1.82, 2.24) is 8.61 Å². The molecule has 2 aromatic carbocycles. The third kappa shape index (κ3) is 4.88. The van der Waals surface area contributed by atoms with Crippen molar-refractivity contribution in [2.75, 3.05) is 39.4 Å². The Morgan fingerprint density at radius 2 is 1.36 bits per heavy atom. The van der Waals surface area contributed by atoms with Crippen LogP contribution in [0.15, 0.2) is 52.3 Å². The van der Waals surface area contributed by atoms with Gasteiger partial charge in [-0.3, -0.25) is 0 Å². The van der Waals surface area contributed by atoms with Crippen LogP contribution in [0.5, 0.6) is 17.2 Å². The van der Waals surface area contributed by atoms with Crippen molar-refractivity contribution in [1.29, 1.82) is 0 Å². The molecule has 1 saturated heterocycles. The van der Waals surface area contributed by atoms with Crippen molar-refractivity contribution in [3.63, 3.8) is 0 Å². The Kier molecular flexibility index (Phi) is 6.20. The molecule has 2 heterocycles. The molecule has 0 aromatic heterocycles. The number of benzene rings is 2. The van der Waals surface area contributed by atoms with Gasteiger partial charge < -0.3 is 14.2 Å². The number of alkyl halides is 3. The lowest BCUT2D eigenvalue weighted by molar-refractivity contribution is -0.275. The number of hydrogen-bond donors (Lipinski definition) is 0. The zero-order valence-electron chi connectivity index (χ0n) is 17.0. The van der Waals surface area contributed by atoms with Crippen LogP contribution in [0.25, 0.3) is 0 Å². The second-order valence-corrected chi connectivity index (χ2v) is 11.0. The first kappa shape index (κ1) is 23.6. The minimum Gasteiger partial charge on any atom is -0.486 e. The first-order chi connectivity index (χ1) is 15.5. The fraction of sp³-hybridized carbons (Fsp3) is 0.368. The molecule has 0 bridgehead atoms. The second-order valence-electron chi connectivity index (χ2n) is 7.11. The number of hydrogen-bond acceptors (Lipinski definition) is 7. The summed E-state index contributed by atoms with van der Waals surface area (Å²) in [5.41, 5.74) is 0. The largest absolute Gasteiger partial charge is 0.573 e. The monoisotopic (exact) mass is 508 g/mol. The molecule has 0 unspecified atom stereocenters. The molecule has 0 N–H and O–H groups in total. The molecule has 14 heteroatoms. The average molecular weight is 508 g/mol. The van der Waals surface area contributed by atoms with Gasteiger partial charge in [-0.2, -0.15) is 8.61 Å². The van der Waals surface area contributed by atoms with Crippen LogP contribution in [-0.2, 0) is 20.0 Å². The van der Waals surface area contributed by atoms with Crippen LogP contribution in [0.4, 0.5) is 13.2 Å². The predicted molar refractivity (Wildman–Crippen MR) is 108 cm³/mol. The zero-order chi connectivity index (χ0) is 23.9. The van der Waals surface area contributed by atoms with Crippen molar-refractivity contribution in [3.05, 3.63) is 42.5 Å². The quantitative estimate of drug-likeness (QED) is 0.609. The minimum absolute atomic E-state index is 0.0352. The molecular weight excluding hydrogens is 489 g/mol. The maximum Gasteiger partial charge on any atom is 0.573 e. The third-order valence-corrected chi connectivity index (χ3v) is 8.87. The van der Waals surface area contributed by atoms with Gasteiger partial charge in [0, 0.05) is 32.2 Å². The third-order valence-electron chi connectivity index (χ3n) is 5.04. The molecule has 2 aliphatic heterocycles. The smallest absolute Gasteiger partial charge is 0.486 e. The van der Waals surface area contributed by atoms with Gasteiger partial charge in [0.15, 0.2) is 11.5 Å². The van der Waals surface area contributed by atoms with E-state index in [0.717, 1.165) is 20.7 Å². The molecule has 2 aliphatic rings. The van der Waals surface area contributed by atoms with Crippen molar-refractivity contribution in [3.8, 4) is 17.2 Å². The summed E-state index contributed by atoms with van der Waals surface area (Å²) >= 11 is 0. The summed E-state index contributed by atoms with van der Waals surface area (Å²) < 4.78 is 107. The maximum atomic E-state index is 13.0. The first-order valence-corrected chi connectivity index (χ1v) is 12.6. The van der Waals surface area contributed by atoms with Gasteiger partial charge in [0.05, 0.1) is 4.90 Å². The lowest BCUT2D eigenvalue weighted by Crippen LogP contribution is -2.50. The van der Waals surface area contributed by atoms with Gasteiger partial charge in [-0.15, -0.1) is 13.2 Å². The number of rotatable bonds is 5. The Labute approximate surface area is 188 Å². The molecular formula is C19H19F3N2O7S2. The van der Waals surface area contributed by atoms with Crippen molar-refractivity contribution < 1.29 is 44.2 Å². The number of para-hydroxylation sites is 1. The van der Waals surface area contributed by atoms with E-state index in [9.17, 15) is 30.0 Å². The number of ether oxygens (including phenoxy) is 3. The van der Waals surface area contributed by atoms with E-state index in [1.165, 1.54) is 30.3 Å². The van der Waals surface area contributed by atoms with E-state index in [2.05, 4.69) is 4.74 Å². The van der Waals surface area contributed by atoms with Gasteiger partial charge in [-0.05, 0) is 24.3 Å². The summed E-state index contributed by atoms with van der Waals surface area (Å²) in [7, 11) is -8.32. The van der Waals surface area contributed by atoms with Crippen molar-refractivity contribution in [2.45, 2.75) is 16.2 Å². The van der Waals surface area contributed by atoms with Gasteiger partial charge in [0.1, 0.15) is 23.9 Å². The molecule has 0 aliphatic carbocycles. The summed E-state index contributed by atoms with van der Waals surface area (Å²) in [6.07, 6.45) is -5.07. The number of piperazine rings is 1. The highest BCUT2D eigenvalue weighted by atomic mass is 32.2. The molecule has 2 aromatic rings. The molecule has 1 fully saturated rings. The SMILES string of the molecule is O=S(=O)(c1ccc2c(c1)OCCO2)N1CCN(S(=O)(=O)c2ccccc2OC(F)(F)F)CC1. The number of sulfonamides is 2. The number of nitrogens with zero attached hydrogens (tertiary/aromatic N) is 2. The van der Waals surface area contributed by atoms with Gasteiger partial charge in [-0.25, -0.2) is 16.8 Å². The fourth-order valence-electron chi connectivity index (χ4n) is 3.50.